The molecular weight excluding hydrogens is 637 g/mol. The molecule has 1 N–H and O–H groups in total. The van der Waals surface area contributed by atoms with E-state index in [1.165, 1.54) is 42.4 Å². The molecule has 51 heavy (non-hydrogen) atoms. The van der Waals surface area contributed by atoms with Gasteiger partial charge in [-0.15, -0.1) is 11.3 Å². The third kappa shape index (κ3) is 6.85. The molecule has 0 saturated heterocycles. The summed E-state index contributed by atoms with van der Waals surface area (Å²) in [6, 6.07) is 55.9. The maximum absolute atomic E-state index is 4.51. The molecule has 1 unspecified atom stereocenters. The van der Waals surface area contributed by atoms with E-state index in [4.69, 9.17) is 0 Å². The second-order valence-electron chi connectivity index (χ2n) is 12.9. The summed E-state index contributed by atoms with van der Waals surface area (Å²) in [6.45, 7) is 9.66. The van der Waals surface area contributed by atoms with Gasteiger partial charge in [0, 0.05) is 44.3 Å². The zero-order valence-corrected chi connectivity index (χ0v) is 29.2. The summed E-state index contributed by atoms with van der Waals surface area (Å²) in [5.41, 5.74) is 11.0. The highest BCUT2D eigenvalue weighted by Crippen LogP contribution is 2.39. The van der Waals surface area contributed by atoms with Crippen LogP contribution in [0, 0.1) is 0 Å². The Morgan fingerprint density at radius 1 is 0.608 bits per heavy atom. The molecule has 6 aromatic carbocycles. The number of hydrogen-bond donors (Lipinski definition) is 1. The van der Waals surface area contributed by atoms with Gasteiger partial charge in [0.15, 0.2) is 0 Å². The van der Waals surface area contributed by atoms with Crippen molar-refractivity contribution < 1.29 is 0 Å². The van der Waals surface area contributed by atoms with Crippen molar-refractivity contribution in [2.75, 3.05) is 16.8 Å². The van der Waals surface area contributed by atoms with Gasteiger partial charge in [0.05, 0.1) is 6.04 Å². The van der Waals surface area contributed by atoms with Crippen LogP contribution in [0.2, 0.25) is 0 Å². The highest BCUT2D eigenvalue weighted by atomic mass is 32.1. The van der Waals surface area contributed by atoms with Gasteiger partial charge >= 0.3 is 0 Å². The number of rotatable bonds is 7. The predicted octanol–water partition coefficient (Wildman–Crippen LogP) is 12.9. The molecule has 0 bridgehead atoms. The number of hydrogen-bond acceptors (Lipinski definition) is 3. The zero-order valence-electron chi connectivity index (χ0n) is 28.4. The van der Waals surface area contributed by atoms with E-state index in [1.807, 2.05) is 17.4 Å². The van der Waals surface area contributed by atoms with Gasteiger partial charge in [-0.1, -0.05) is 141 Å². The van der Waals surface area contributed by atoms with Crippen LogP contribution < -0.4 is 10.2 Å². The summed E-state index contributed by atoms with van der Waals surface area (Å²) in [4.78, 5) is 2.35. The number of nitrogens with zero attached hydrogens (tertiary/aromatic N) is 1. The normalized spacial score (nSPS) is 17.0. The van der Waals surface area contributed by atoms with Gasteiger partial charge in [-0.2, -0.15) is 0 Å². The van der Waals surface area contributed by atoms with Crippen LogP contribution in [0.1, 0.15) is 28.3 Å². The molecule has 1 aliphatic heterocycles. The number of thiophene rings is 1. The Morgan fingerprint density at radius 2 is 1.25 bits per heavy atom. The van der Waals surface area contributed by atoms with E-state index >= 15 is 0 Å². The lowest BCUT2D eigenvalue weighted by molar-refractivity contribution is 0.936. The SMILES string of the molecule is C=C1/C=C(/c2ccccc2)CN(c2cccc(C(Nc3ccccc3)c3ccccc3)c2)/C=C\C(c2cccc3c2sc2ccccc23)=C/C1=C. The monoisotopic (exact) mass is 674 g/mol. The van der Waals surface area contributed by atoms with Crippen LogP contribution in [0.3, 0.4) is 0 Å². The molecule has 1 atom stereocenters. The fourth-order valence-corrected chi connectivity index (χ4v) is 8.06. The lowest BCUT2D eigenvalue weighted by Gasteiger charge is -2.27. The molecule has 2 heterocycles. The van der Waals surface area contributed by atoms with Crippen molar-refractivity contribution >= 4 is 54.0 Å². The topological polar surface area (TPSA) is 15.3 Å². The van der Waals surface area contributed by atoms with Gasteiger partial charge in [0.25, 0.3) is 0 Å². The maximum Gasteiger partial charge on any atom is 0.0768 e. The Kier molecular flexibility index (Phi) is 9.03. The molecule has 0 spiro atoms. The van der Waals surface area contributed by atoms with E-state index in [0.29, 0.717) is 6.54 Å². The minimum Gasteiger partial charge on any atom is -0.374 e. The van der Waals surface area contributed by atoms with Crippen molar-refractivity contribution in [3.8, 4) is 0 Å². The molecule has 1 aliphatic rings. The van der Waals surface area contributed by atoms with Crippen LogP contribution in [0.5, 0.6) is 0 Å². The summed E-state index contributed by atoms with van der Waals surface area (Å²) in [5, 5.41) is 6.37. The fourth-order valence-electron chi connectivity index (χ4n) is 6.82. The molecule has 8 rings (SSSR count). The van der Waals surface area contributed by atoms with Gasteiger partial charge in [0.1, 0.15) is 0 Å². The first-order valence-electron chi connectivity index (χ1n) is 17.3. The zero-order chi connectivity index (χ0) is 34.6. The van der Waals surface area contributed by atoms with Crippen molar-refractivity contribution in [2.45, 2.75) is 6.04 Å². The van der Waals surface area contributed by atoms with E-state index in [-0.39, 0.29) is 6.04 Å². The summed E-state index contributed by atoms with van der Waals surface area (Å²) >= 11 is 1.84. The average molecular weight is 675 g/mol. The first kappa shape index (κ1) is 32.1. The standard InChI is InChI=1S/C48H38N2S/c1-34-30-38(43-25-15-26-45-44-24-12-13-27-46(44)51-48(43)45)28-29-50(33-40(31-35(34)2)36-16-6-3-7-17-36)42-23-14-20-39(32-42)47(37-18-8-4-9-19-37)49-41-21-10-5-11-22-41/h3-32,47,49H,1-2,33H2/b29-28-,38-30+,40-31+. The predicted molar refractivity (Wildman–Crippen MR) is 221 cm³/mol. The molecule has 246 valence electrons. The molecule has 0 amide bonds. The molecule has 2 nitrogen and oxygen atoms in total. The molecule has 1 aromatic heterocycles. The molecule has 0 saturated carbocycles. The Hall–Kier alpha value is -6.16. The van der Waals surface area contributed by atoms with Crippen LogP contribution in [-0.4, -0.2) is 6.54 Å². The van der Waals surface area contributed by atoms with Gasteiger partial charge < -0.3 is 10.2 Å². The first-order chi connectivity index (χ1) is 25.1. The number of anilines is 2. The quantitative estimate of drug-likeness (QED) is 0.181. The van der Waals surface area contributed by atoms with Gasteiger partial charge in [-0.05, 0) is 93.1 Å². The minimum absolute atomic E-state index is 0.0356. The molecule has 0 fully saturated rings. The maximum atomic E-state index is 4.51. The van der Waals surface area contributed by atoms with Crippen molar-refractivity contribution in [1.29, 1.82) is 0 Å². The lowest BCUT2D eigenvalue weighted by Crippen LogP contribution is -2.20. The van der Waals surface area contributed by atoms with E-state index in [2.05, 4.69) is 199 Å². The third-order valence-electron chi connectivity index (χ3n) is 9.48. The van der Waals surface area contributed by atoms with Gasteiger partial charge in [-0.25, -0.2) is 0 Å². The molecule has 7 aromatic rings. The third-order valence-corrected chi connectivity index (χ3v) is 10.7. The van der Waals surface area contributed by atoms with Crippen LogP contribution in [0.4, 0.5) is 11.4 Å². The Balaban J connectivity index is 1.26. The largest absolute Gasteiger partial charge is 0.374 e. The highest BCUT2D eigenvalue weighted by molar-refractivity contribution is 7.26. The minimum atomic E-state index is -0.0356. The fraction of sp³-hybridized carbons (Fsp3) is 0.0417. The van der Waals surface area contributed by atoms with Gasteiger partial charge in [-0.3, -0.25) is 0 Å². The van der Waals surface area contributed by atoms with Gasteiger partial charge in [0.2, 0.25) is 0 Å². The van der Waals surface area contributed by atoms with Crippen LogP contribution in [0.15, 0.2) is 206 Å². The second-order valence-corrected chi connectivity index (χ2v) is 13.9. The average Bonchev–Trinajstić information content (AvgIpc) is 3.57. The summed E-state index contributed by atoms with van der Waals surface area (Å²) in [5.74, 6) is 0. The number of para-hydroxylation sites is 1. The van der Waals surface area contributed by atoms with E-state index in [0.717, 1.165) is 33.7 Å². The Bertz CT molecular complexity index is 2450. The van der Waals surface area contributed by atoms with E-state index in [1.54, 1.807) is 0 Å². The highest BCUT2D eigenvalue weighted by Gasteiger charge is 2.18. The molecule has 0 radical (unpaired) electrons. The van der Waals surface area contributed by atoms with E-state index < -0.39 is 0 Å². The molecule has 3 heteroatoms. The summed E-state index contributed by atoms with van der Waals surface area (Å²) < 4.78 is 2.57. The van der Waals surface area contributed by atoms with Crippen molar-refractivity contribution in [1.82, 2.24) is 0 Å². The smallest absolute Gasteiger partial charge is 0.0768 e. The number of nitrogens with one attached hydrogen (secondary N) is 1. The number of allylic oxidation sites excluding steroid dienone is 6. The molecule has 0 aliphatic carbocycles. The Labute approximate surface area is 304 Å². The van der Waals surface area contributed by atoms with Crippen molar-refractivity contribution in [3.63, 3.8) is 0 Å². The summed E-state index contributed by atoms with van der Waals surface area (Å²) in [6.07, 6.45) is 8.87. The molecular formula is C48H38N2S. The number of fused-ring (bicyclic) bond motifs is 3. The Morgan fingerprint density at radius 3 is 2.06 bits per heavy atom. The first-order valence-corrected chi connectivity index (χ1v) is 18.1. The lowest BCUT2D eigenvalue weighted by atomic mass is 9.95. The van der Waals surface area contributed by atoms with E-state index in [9.17, 15) is 0 Å². The van der Waals surface area contributed by atoms with Crippen molar-refractivity contribution in [3.05, 3.63) is 229 Å². The number of benzene rings is 6. The summed E-state index contributed by atoms with van der Waals surface area (Å²) in [7, 11) is 0. The van der Waals surface area contributed by atoms with Crippen molar-refractivity contribution in [2.24, 2.45) is 0 Å². The van der Waals surface area contributed by atoms with Crippen LogP contribution in [0.25, 0.3) is 31.3 Å². The van der Waals surface area contributed by atoms with Crippen LogP contribution >= 0.6 is 11.3 Å². The second kappa shape index (κ2) is 14.4. The van der Waals surface area contributed by atoms with Crippen LogP contribution in [-0.2, 0) is 0 Å².